The predicted octanol–water partition coefficient (Wildman–Crippen LogP) is 1.27. The minimum absolute atomic E-state index is 0.0762. The number of hydrogen-bond acceptors (Lipinski definition) is 5. The molecule has 2 aromatic rings. The Morgan fingerprint density at radius 1 is 1.55 bits per heavy atom. The van der Waals surface area contributed by atoms with Gasteiger partial charge in [-0.3, -0.25) is 0 Å². The van der Waals surface area contributed by atoms with Crippen molar-refractivity contribution in [1.29, 1.82) is 5.26 Å². The lowest BCUT2D eigenvalue weighted by Crippen LogP contribution is -2.11. The number of carboxylic acids is 1. The Hall–Kier alpha value is -2.88. The van der Waals surface area contributed by atoms with Gasteiger partial charge in [0.25, 0.3) is 0 Å². The maximum absolute atomic E-state index is 10.7. The van der Waals surface area contributed by atoms with Gasteiger partial charge in [-0.1, -0.05) is 11.3 Å². The Bertz CT molecular complexity index is 672. The van der Waals surface area contributed by atoms with E-state index < -0.39 is 5.97 Å². The van der Waals surface area contributed by atoms with Crippen LogP contribution in [0.25, 0.3) is 0 Å². The van der Waals surface area contributed by atoms with Crippen LogP contribution in [0.5, 0.6) is 0 Å². The zero-order valence-corrected chi connectivity index (χ0v) is 10.9. The summed E-state index contributed by atoms with van der Waals surface area (Å²) in [5.74, 6) is -1.10. The van der Waals surface area contributed by atoms with Gasteiger partial charge in [-0.15, -0.1) is 5.10 Å². The van der Waals surface area contributed by atoms with Gasteiger partial charge in [0.15, 0.2) is 5.69 Å². The highest BCUT2D eigenvalue weighted by Crippen LogP contribution is 2.16. The second kappa shape index (κ2) is 5.84. The third-order valence-electron chi connectivity index (χ3n) is 2.78. The van der Waals surface area contributed by atoms with Gasteiger partial charge in [0.05, 0.1) is 24.4 Å². The SMILES string of the molecule is Cc1ccc(C#N)cc1NCCn1cc(C(=O)O)nn1. The van der Waals surface area contributed by atoms with Crippen LogP contribution >= 0.6 is 0 Å². The summed E-state index contributed by atoms with van der Waals surface area (Å²) < 4.78 is 1.46. The van der Waals surface area contributed by atoms with Gasteiger partial charge in [0.1, 0.15) is 0 Å². The molecule has 7 nitrogen and oxygen atoms in total. The lowest BCUT2D eigenvalue weighted by Gasteiger charge is -2.09. The van der Waals surface area contributed by atoms with Gasteiger partial charge in [0, 0.05) is 12.2 Å². The minimum atomic E-state index is -1.10. The summed E-state index contributed by atoms with van der Waals surface area (Å²) in [5, 5.41) is 28.0. The Morgan fingerprint density at radius 2 is 2.35 bits per heavy atom. The lowest BCUT2D eigenvalue weighted by atomic mass is 10.1. The van der Waals surface area contributed by atoms with Gasteiger partial charge >= 0.3 is 5.97 Å². The van der Waals surface area contributed by atoms with Crippen molar-refractivity contribution in [2.45, 2.75) is 13.5 Å². The molecule has 1 heterocycles. The number of nitrogens with zero attached hydrogens (tertiary/aromatic N) is 4. The van der Waals surface area contributed by atoms with Crippen molar-refractivity contribution in [3.05, 3.63) is 41.2 Å². The molecule has 1 aromatic heterocycles. The Balaban J connectivity index is 1.95. The van der Waals surface area contributed by atoms with Gasteiger partial charge < -0.3 is 10.4 Å². The van der Waals surface area contributed by atoms with E-state index in [4.69, 9.17) is 10.4 Å². The van der Waals surface area contributed by atoms with Crippen LogP contribution in [0, 0.1) is 18.3 Å². The van der Waals surface area contributed by atoms with Gasteiger partial charge in [-0.2, -0.15) is 5.26 Å². The van der Waals surface area contributed by atoms with Crippen LogP contribution < -0.4 is 5.32 Å². The van der Waals surface area contributed by atoms with Gasteiger partial charge in [-0.25, -0.2) is 9.48 Å². The van der Waals surface area contributed by atoms with Crippen molar-refractivity contribution in [3.63, 3.8) is 0 Å². The number of hydrogen-bond donors (Lipinski definition) is 2. The zero-order valence-electron chi connectivity index (χ0n) is 10.9. The zero-order chi connectivity index (χ0) is 14.5. The first-order chi connectivity index (χ1) is 9.60. The summed E-state index contributed by atoms with van der Waals surface area (Å²) in [4.78, 5) is 10.7. The van der Waals surface area contributed by atoms with Crippen LogP contribution in [0.2, 0.25) is 0 Å². The van der Waals surface area contributed by atoms with E-state index in [9.17, 15) is 4.79 Å². The third kappa shape index (κ3) is 3.11. The second-order valence-electron chi connectivity index (χ2n) is 4.24. The van der Waals surface area contributed by atoms with Crippen LogP contribution in [-0.2, 0) is 6.54 Å². The van der Waals surface area contributed by atoms with Crippen LogP contribution in [0.1, 0.15) is 21.6 Å². The molecule has 20 heavy (non-hydrogen) atoms. The van der Waals surface area contributed by atoms with E-state index in [1.165, 1.54) is 10.9 Å². The van der Waals surface area contributed by atoms with E-state index in [-0.39, 0.29) is 5.69 Å². The number of aromatic carboxylic acids is 1. The highest BCUT2D eigenvalue weighted by Gasteiger charge is 2.07. The molecular weight excluding hydrogens is 258 g/mol. The molecule has 0 unspecified atom stereocenters. The number of carboxylic acid groups (broad SMARTS) is 1. The molecule has 0 radical (unpaired) electrons. The molecule has 0 atom stereocenters. The quantitative estimate of drug-likeness (QED) is 0.848. The van der Waals surface area contributed by atoms with Crippen molar-refractivity contribution in [2.24, 2.45) is 0 Å². The molecule has 0 spiro atoms. The van der Waals surface area contributed by atoms with E-state index in [2.05, 4.69) is 21.7 Å². The van der Waals surface area contributed by atoms with E-state index in [1.807, 2.05) is 13.0 Å². The number of nitrogens with one attached hydrogen (secondary N) is 1. The number of aromatic nitrogens is 3. The normalized spacial score (nSPS) is 10.0. The highest BCUT2D eigenvalue weighted by atomic mass is 16.4. The minimum Gasteiger partial charge on any atom is -0.476 e. The summed E-state index contributed by atoms with van der Waals surface area (Å²) >= 11 is 0. The Kier molecular flexibility index (Phi) is 3.96. The van der Waals surface area contributed by atoms with Crippen molar-refractivity contribution < 1.29 is 9.90 Å². The van der Waals surface area contributed by atoms with Gasteiger partial charge in [0.2, 0.25) is 0 Å². The summed E-state index contributed by atoms with van der Waals surface area (Å²) in [6, 6.07) is 7.50. The number of nitriles is 1. The Morgan fingerprint density at radius 3 is 3.00 bits per heavy atom. The lowest BCUT2D eigenvalue weighted by molar-refractivity contribution is 0.0690. The molecule has 0 saturated heterocycles. The number of rotatable bonds is 5. The molecule has 2 N–H and O–H groups in total. The topological polar surface area (TPSA) is 104 Å². The molecule has 102 valence electrons. The monoisotopic (exact) mass is 271 g/mol. The van der Waals surface area contributed by atoms with Gasteiger partial charge in [-0.05, 0) is 24.6 Å². The smallest absolute Gasteiger partial charge is 0.358 e. The summed E-state index contributed by atoms with van der Waals surface area (Å²) in [6.07, 6.45) is 1.38. The first kappa shape index (κ1) is 13.5. The van der Waals surface area contributed by atoms with E-state index in [0.717, 1.165) is 11.3 Å². The second-order valence-corrected chi connectivity index (χ2v) is 4.24. The van der Waals surface area contributed by atoms with E-state index in [0.29, 0.717) is 18.7 Å². The fraction of sp³-hybridized carbons (Fsp3) is 0.231. The van der Waals surface area contributed by atoms with Crippen molar-refractivity contribution in [3.8, 4) is 6.07 Å². The first-order valence-electron chi connectivity index (χ1n) is 5.98. The molecule has 2 rings (SSSR count). The number of carbonyl (C=O) groups is 1. The third-order valence-corrected chi connectivity index (χ3v) is 2.78. The molecule has 0 fully saturated rings. The number of anilines is 1. The maximum Gasteiger partial charge on any atom is 0.358 e. The molecule has 1 aromatic carbocycles. The first-order valence-corrected chi connectivity index (χ1v) is 5.98. The Labute approximate surface area is 115 Å². The van der Waals surface area contributed by atoms with Crippen LogP contribution in [0.15, 0.2) is 24.4 Å². The van der Waals surface area contributed by atoms with E-state index in [1.54, 1.807) is 12.1 Å². The largest absolute Gasteiger partial charge is 0.476 e. The standard InChI is InChI=1S/C13H13N5O2/c1-9-2-3-10(7-14)6-11(9)15-4-5-18-8-12(13(19)20)16-17-18/h2-3,6,8,15H,4-5H2,1H3,(H,19,20). The average Bonchev–Trinajstić information content (AvgIpc) is 2.90. The van der Waals surface area contributed by atoms with Crippen LogP contribution in [0.3, 0.4) is 0 Å². The van der Waals surface area contributed by atoms with Crippen LogP contribution in [-0.4, -0.2) is 32.6 Å². The molecule has 0 aliphatic heterocycles. The molecule has 7 heteroatoms. The summed E-state index contributed by atoms with van der Waals surface area (Å²) in [5.41, 5.74) is 2.43. The van der Waals surface area contributed by atoms with Crippen molar-refractivity contribution >= 4 is 11.7 Å². The average molecular weight is 271 g/mol. The number of aryl methyl sites for hydroxylation is 1. The fourth-order valence-electron chi connectivity index (χ4n) is 1.69. The molecule has 0 aliphatic carbocycles. The fourth-order valence-corrected chi connectivity index (χ4v) is 1.69. The maximum atomic E-state index is 10.7. The molecule has 0 aliphatic rings. The molecule has 0 amide bonds. The molecular formula is C13H13N5O2. The summed E-state index contributed by atoms with van der Waals surface area (Å²) in [7, 11) is 0. The predicted molar refractivity (Wildman–Crippen MR) is 71.4 cm³/mol. The summed E-state index contributed by atoms with van der Waals surface area (Å²) in [6.45, 7) is 2.98. The molecule has 0 saturated carbocycles. The van der Waals surface area contributed by atoms with E-state index >= 15 is 0 Å². The highest BCUT2D eigenvalue weighted by molar-refractivity contribution is 5.84. The number of benzene rings is 1. The van der Waals surface area contributed by atoms with Crippen molar-refractivity contribution in [2.75, 3.05) is 11.9 Å². The molecule has 0 bridgehead atoms. The van der Waals surface area contributed by atoms with Crippen molar-refractivity contribution in [1.82, 2.24) is 15.0 Å². The van der Waals surface area contributed by atoms with Crippen LogP contribution in [0.4, 0.5) is 5.69 Å².